The third-order valence-electron chi connectivity index (χ3n) is 6.66. The van der Waals surface area contributed by atoms with Gasteiger partial charge in [0.15, 0.2) is 5.82 Å². The first-order valence-corrected chi connectivity index (χ1v) is 11.8. The first-order chi connectivity index (χ1) is 16.5. The van der Waals surface area contributed by atoms with Gasteiger partial charge in [0.1, 0.15) is 11.6 Å². The van der Waals surface area contributed by atoms with Gasteiger partial charge < -0.3 is 14.8 Å². The lowest BCUT2D eigenvalue weighted by atomic mass is 10.1. The highest BCUT2D eigenvalue weighted by Crippen LogP contribution is 2.28. The second-order valence-corrected chi connectivity index (χ2v) is 9.25. The van der Waals surface area contributed by atoms with E-state index in [4.69, 9.17) is 0 Å². The van der Waals surface area contributed by atoms with Crippen molar-refractivity contribution in [1.82, 2.24) is 19.7 Å². The standard InChI is InChI=1S/C26H28FN5O2/c1-17-6-8-18(9-7-17)15-31-16-19(13-24(31)33)26(34)28-20-10-11-22(27)21(14-20)25-30-29-23-5-3-2-4-12-32(23)25/h6-11,14,19H,2-5,12-13,15-16H2,1H3,(H,28,34). The van der Waals surface area contributed by atoms with Gasteiger partial charge in [0.05, 0.1) is 11.5 Å². The summed E-state index contributed by atoms with van der Waals surface area (Å²) in [5.74, 6) is 0.239. The van der Waals surface area contributed by atoms with Crippen molar-refractivity contribution in [2.45, 2.75) is 52.1 Å². The van der Waals surface area contributed by atoms with Crippen LogP contribution in [0.1, 0.15) is 42.6 Å². The van der Waals surface area contributed by atoms with Gasteiger partial charge in [-0.25, -0.2) is 4.39 Å². The second kappa shape index (κ2) is 9.37. The van der Waals surface area contributed by atoms with Crippen LogP contribution in [0, 0.1) is 18.7 Å². The number of aromatic nitrogens is 3. The lowest BCUT2D eigenvalue weighted by Crippen LogP contribution is -2.28. The largest absolute Gasteiger partial charge is 0.338 e. The van der Waals surface area contributed by atoms with E-state index in [1.165, 1.54) is 12.1 Å². The summed E-state index contributed by atoms with van der Waals surface area (Å²) in [6, 6.07) is 12.5. The van der Waals surface area contributed by atoms with Crippen molar-refractivity contribution in [2.75, 3.05) is 11.9 Å². The lowest BCUT2D eigenvalue weighted by Gasteiger charge is -2.17. The van der Waals surface area contributed by atoms with Crippen molar-refractivity contribution in [1.29, 1.82) is 0 Å². The number of hydrogen-bond donors (Lipinski definition) is 1. The van der Waals surface area contributed by atoms with E-state index >= 15 is 0 Å². The van der Waals surface area contributed by atoms with E-state index in [0.717, 1.165) is 49.2 Å². The molecule has 5 rings (SSSR count). The van der Waals surface area contributed by atoms with Crippen molar-refractivity contribution < 1.29 is 14.0 Å². The third-order valence-corrected chi connectivity index (χ3v) is 6.66. The molecule has 0 saturated carbocycles. The number of carbonyl (C=O) groups excluding carboxylic acids is 2. The van der Waals surface area contributed by atoms with E-state index in [1.807, 2.05) is 35.8 Å². The minimum atomic E-state index is -0.448. The Morgan fingerprint density at radius 3 is 2.76 bits per heavy atom. The molecule has 2 amide bonds. The molecule has 8 heteroatoms. The number of benzene rings is 2. The normalized spacial score (nSPS) is 18.0. The number of nitrogens with one attached hydrogen (secondary N) is 1. The first-order valence-electron chi connectivity index (χ1n) is 11.8. The molecule has 176 valence electrons. The number of fused-ring (bicyclic) bond motifs is 1. The molecule has 0 spiro atoms. The molecule has 34 heavy (non-hydrogen) atoms. The molecule has 1 saturated heterocycles. The zero-order valence-corrected chi connectivity index (χ0v) is 19.3. The van der Waals surface area contributed by atoms with Crippen molar-refractivity contribution in [3.8, 4) is 11.4 Å². The Bertz CT molecular complexity index is 1220. The average molecular weight is 462 g/mol. The van der Waals surface area contributed by atoms with Gasteiger partial charge in [-0.3, -0.25) is 9.59 Å². The van der Waals surface area contributed by atoms with Crippen LogP contribution < -0.4 is 5.32 Å². The van der Waals surface area contributed by atoms with E-state index in [9.17, 15) is 14.0 Å². The number of amides is 2. The molecule has 2 aromatic carbocycles. The van der Waals surface area contributed by atoms with Gasteiger partial charge in [-0.2, -0.15) is 0 Å². The SMILES string of the molecule is Cc1ccc(CN2CC(C(=O)Nc3ccc(F)c(-c4nnc5n4CCCCC5)c3)CC2=O)cc1. The van der Waals surface area contributed by atoms with Crippen LogP contribution in [0.15, 0.2) is 42.5 Å². The summed E-state index contributed by atoms with van der Waals surface area (Å²) < 4.78 is 16.7. The van der Waals surface area contributed by atoms with Crippen molar-refractivity contribution in [2.24, 2.45) is 5.92 Å². The van der Waals surface area contributed by atoms with E-state index in [1.54, 1.807) is 11.0 Å². The fourth-order valence-corrected chi connectivity index (χ4v) is 4.72. The molecule has 1 atom stereocenters. The summed E-state index contributed by atoms with van der Waals surface area (Å²) >= 11 is 0. The Balaban J connectivity index is 1.29. The molecular formula is C26H28FN5O2. The summed E-state index contributed by atoms with van der Waals surface area (Å²) in [7, 11) is 0. The fraction of sp³-hybridized carbons (Fsp3) is 0.385. The van der Waals surface area contributed by atoms with Gasteiger partial charge in [-0.1, -0.05) is 36.2 Å². The summed E-state index contributed by atoms with van der Waals surface area (Å²) in [5.41, 5.74) is 3.00. The second-order valence-electron chi connectivity index (χ2n) is 9.25. The van der Waals surface area contributed by atoms with Gasteiger partial charge in [-0.05, 0) is 43.5 Å². The monoisotopic (exact) mass is 461 g/mol. The van der Waals surface area contributed by atoms with E-state index < -0.39 is 11.7 Å². The van der Waals surface area contributed by atoms with Crippen LogP contribution in [0.2, 0.25) is 0 Å². The topological polar surface area (TPSA) is 80.1 Å². The van der Waals surface area contributed by atoms with Gasteiger partial charge in [0, 0.05) is 38.2 Å². The van der Waals surface area contributed by atoms with Crippen LogP contribution in [-0.2, 0) is 29.1 Å². The summed E-state index contributed by atoms with van der Waals surface area (Å²) in [4.78, 5) is 27.2. The highest BCUT2D eigenvalue weighted by molar-refractivity contribution is 5.97. The fourth-order valence-electron chi connectivity index (χ4n) is 4.72. The quantitative estimate of drug-likeness (QED) is 0.620. The van der Waals surface area contributed by atoms with Crippen LogP contribution in [0.3, 0.4) is 0 Å². The van der Waals surface area contributed by atoms with E-state index in [0.29, 0.717) is 30.2 Å². The minimum Gasteiger partial charge on any atom is -0.338 e. The number of hydrogen-bond acceptors (Lipinski definition) is 4. The molecule has 1 N–H and O–H groups in total. The molecule has 2 aliphatic heterocycles. The number of likely N-dealkylation sites (tertiary alicyclic amines) is 1. The number of aryl methyl sites for hydroxylation is 2. The molecule has 0 bridgehead atoms. The number of rotatable bonds is 5. The molecule has 0 radical (unpaired) electrons. The van der Waals surface area contributed by atoms with Gasteiger partial charge in [0.2, 0.25) is 11.8 Å². The highest BCUT2D eigenvalue weighted by atomic mass is 19.1. The maximum absolute atomic E-state index is 14.7. The summed E-state index contributed by atoms with van der Waals surface area (Å²) in [6.45, 7) is 3.63. The van der Waals surface area contributed by atoms with E-state index in [2.05, 4.69) is 15.5 Å². The number of anilines is 1. The Labute approximate surface area is 198 Å². The van der Waals surface area contributed by atoms with Crippen LogP contribution in [0.4, 0.5) is 10.1 Å². The van der Waals surface area contributed by atoms with Crippen LogP contribution in [0.5, 0.6) is 0 Å². The van der Waals surface area contributed by atoms with Crippen LogP contribution in [0.25, 0.3) is 11.4 Å². The number of halogens is 1. The molecule has 3 aromatic rings. The van der Waals surface area contributed by atoms with Crippen molar-refractivity contribution >= 4 is 17.5 Å². The first kappa shape index (κ1) is 22.3. The number of carbonyl (C=O) groups is 2. The summed E-state index contributed by atoms with van der Waals surface area (Å²) in [6.07, 6.45) is 4.17. The Morgan fingerprint density at radius 1 is 1.12 bits per heavy atom. The molecule has 0 aliphatic carbocycles. The average Bonchev–Trinajstić information content (AvgIpc) is 3.31. The molecule has 3 heterocycles. The predicted octanol–water partition coefficient (Wildman–Crippen LogP) is 4.11. The zero-order valence-electron chi connectivity index (χ0n) is 19.3. The Kier molecular flexibility index (Phi) is 6.13. The molecule has 1 unspecified atom stereocenters. The summed E-state index contributed by atoms with van der Waals surface area (Å²) in [5, 5.41) is 11.4. The highest BCUT2D eigenvalue weighted by Gasteiger charge is 2.34. The minimum absolute atomic E-state index is 0.0355. The van der Waals surface area contributed by atoms with Gasteiger partial charge in [-0.15, -0.1) is 10.2 Å². The smallest absolute Gasteiger partial charge is 0.229 e. The maximum Gasteiger partial charge on any atom is 0.229 e. The lowest BCUT2D eigenvalue weighted by molar-refractivity contribution is -0.128. The predicted molar refractivity (Wildman–Crippen MR) is 126 cm³/mol. The molecule has 1 aromatic heterocycles. The third kappa shape index (κ3) is 4.58. The van der Waals surface area contributed by atoms with Crippen LogP contribution in [-0.4, -0.2) is 38.0 Å². The van der Waals surface area contributed by atoms with E-state index in [-0.39, 0.29) is 18.2 Å². The molecule has 7 nitrogen and oxygen atoms in total. The van der Waals surface area contributed by atoms with Gasteiger partial charge in [0.25, 0.3) is 0 Å². The van der Waals surface area contributed by atoms with Crippen molar-refractivity contribution in [3.63, 3.8) is 0 Å². The molecule has 2 aliphatic rings. The van der Waals surface area contributed by atoms with Crippen LogP contribution >= 0.6 is 0 Å². The Hall–Kier alpha value is -3.55. The maximum atomic E-state index is 14.7. The molecule has 1 fully saturated rings. The zero-order chi connectivity index (χ0) is 23.7. The van der Waals surface area contributed by atoms with Gasteiger partial charge >= 0.3 is 0 Å². The number of nitrogens with zero attached hydrogens (tertiary/aromatic N) is 4. The molecular weight excluding hydrogens is 433 g/mol. The Morgan fingerprint density at radius 2 is 1.94 bits per heavy atom. The van der Waals surface area contributed by atoms with Crippen molar-refractivity contribution in [3.05, 3.63) is 65.2 Å².